The van der Waals surface area contributed by atoms with Crippen LogP contribution >= 0.6 is 0 Å². The van der Waals surface area contributed by atoms with Crippen LogP contribution in [-0.2, 0) is 0 Å². The van der Waals surface area contributed by atoms with Crippen molar-refractivity contribution in [1.82, 2.24) is 4.57 Å². The van der Waals surface area contributed by atoms with Crippen molar-refractivity contribution < 1.29 is 0 Å². The number of hydrogen-bond acceptors (Lipinski definition) is 0. The van der Waals surface area contributed by atoms with Crippen LogP contribution in [0.1, 0.15) is 41.0 Å². The molecule has 3 aliphatic carbocycles. The van der Waals surface area contributed by atoms with Crippen LogP contribution in [0.2, 0.25) is 0 Å². The number of fused-ring (bicyclic) bond motifs is 3. The predicted octanol–water partition coefficient (Wildman–Crippen LogP) is 21.6. The number of allylic oxidation sites excluding steroid dienone is 5. The van der Waals surface area contributed by atoms with Gasteiger partial charge < -0.3 is 4.57 Å². The number of aromatic nitrogens is 1. The van der Waals surface area contributed by atoms with Crippen LogP contribution in [0.25, 0.3) is 83.1 Å². The first-order chi connectivity index (χ1) is 59.9. The van der Waals surface area contributed by atoms with Crippen molar-refractivity contribution in [3.8, 4) is 61.3 Å². The first kappa shape index (κ1) is 74.2. The number of hydrogen-bond donors (Lipinski definition) is 0. The van der Waals surface area contributed by atoms with Crippen molar-refractivity contribution in [3.05, 3.63) is 531 Å². The van der Waals surface area contributed by atoms with Gasteiger partial charge in [0, 0.05) is 22.6 Å². The van der Waals surface area contributed by atoms with E-state index in [0.717, 1.165) is 27.7 Å². The lowest BCUT2D eigenvalue weighted by Crippen LogP contribution is -2.74. The van der Waals surface area contributed by atoms with E-state index in [1.807, 2.05) is 0 Å². The second-order valence-corrected chi connectivity index (χ2v) is 43.8. The Morgan fingerprint density at radius 1 is 0.264 bits per heavy atom. The molecule has 19 aromatic rings. The Bertz CT molecular complexity index is 6680. The van der Waals surface area contributed by atoms with E-state index >= 15 is 0 Å². The van der Waals surface area contributed by atoms with Gasteiger partial charge in [-0.15, -0.1) is 0 Å². The smallest absolute Gasteiger partial charge is 0.179 e. The highest BCUT2D eigenvalue weighted by molar-refractivity contribution is 7.21. The van der Waals surface area contributed by atoms with Crippen molar-refractivity contribution in [2.45, 2.75) is 18.8 Å². The van der Waals surface area contributed by atoms with E-state index in [4.69, 9.17) is 6.58 Å². The summed E-state index contributed by atoms with van der Waals surface area (Å²) >= 11 is 0. The monoisotopic (exact) mass is 1590 g/mol. The van der Waals surface area contributed by atoms with Crippen molar-refractivity contribution in [2.75, 3.05) is 0 Å². The van der Waals surface area contributed by atoms with Crippen LogP contribution in [0.15, 0.2) is 508 Å². The third kappa shape index (κ3) is 12.3. The largest absolute Gasteiger partial charge is 0.309 e. The van der Waals surface area contributed by atoms with Gasteiger partial charge in [0.25, 0.3) is 0 Å². The van der Waals surface area contributed by atoms with E-state index in [-0.39, 0.29) is 11.8 Å². The molecule has 1 heterocycles. The topological polar surface area (TPSA) is 4.93 Å². The maximum atomic E-state index is 4.71. The molecule has 0 spiro atoms. The summed E-state index contributed by atoms with van der Waals surface area (Å²) in [6.07, 6.45) is 4.53. The Hall–Kier alpha value is -14.4. The molecule has 1 nitrogen and oxygen atoms in total. The van der Waals surface area contributed by atoms with E-state index in [2.05, 4.69) is 497 Å². The maximum absolute atomic E-state index is 4.71. The summed E-state index contributed by atoms with van der Waals surface area (Å²) in [5.74, 6) is -0.221. The van der Waals surface area contributed by atoms with Gasteiger partial charge in [0.15, 0.2) is 24.2 Å². The van der Waals surface area contributed by atoms with E-state index < -0.39 is 24.2 Å². The molecule has 0 N–H and O–H groups in total. The second kappa shape index (κ2) is 31.5. The van der Waals surface area contributed by atoms with Crippen molar-refractivity contribution >= 4 is 103 Å². The van der Waals surface area contributed by atoms with Crippen LogP contribution in [0.4, 0.5) is 0 Å². The standard InChI is InChI=1S/C117H87NSi3/c1-3-41-112(121(97-62-29-12-30-63-97,100-66-35-46-86(78-100)84-42-13-4-14-43-84)101-67-36-47-87(79-101)85-44-15-5-16-45-85)114-83(2)113-105-69-31-32-70-106(105)117(114)116-107(113)73-40-75-111(116)118-109-74-34-33-68-104(109)108-82-90(76-77-110(108)118)115-102(88-48-37-64-98(80-88)119(91-50-17-6-18-51-91,92-52-19-7-20-53-92)93-54-21-8-22-55-93)71-39-72-103(115)89-49-38-65-99(81-89)120(94-56-23-9-24-57-94,95-58-25-10-26-59-95)96-60-27-11-28-61-96/h3-82,113,117H,1H2,2H3/b112-41+. The van der Waals surface area contributed by atoms with Crippen LogP contribution in [-0.4, -0.2) is 28.8 Å². The Labute approximate surface area is 712 Å². The first-order valence-electron chi connectivity index (χ1n) is 42.3. The Kier molecular flexibility index (Phi) is 19.3. The minimum Gasteiger partial charge on any atom is -0.309 e. The molecule has 4 heteroatoms. The summed E-state index contributed by atoms with van der Waals surface area (Å²) in [7, 11) is -9.48. The lowest BCUT2D eigenvalue weighted by atomic mass is 9.60. The van der Waals surface area contributed by atoms with Gasteiger partial charge in [-0.3, -0.25) is 0 Å². The van der Waals surface area contributed by atoms with Crippen LogP contribution in [0, 0.1) is 0 Å². The molecule has 18 aromatic carbocycles. The van der Waals surface area contributed by atoms with E-state index in [0.29, 0.717) is 0 Å². The van der Waals surface area contributed by atoms with Crippen LogP contribution < -0.4 is 57.1 Å². The zero-order valence-corrected chi connectivity index (χ0v) is 70.5. The molecule has 0 saturated heterocycles. The SMILES string of the molecule is C=C/C=C(\C1=C(C)C2c3ccccc3C1c1c2cccc1-n1c2ccccc2c2cc(-c3c(-c4cccc([Si](c5ccccc5)(c5ccccc5)c5ccccc5)c4)cccc3-c3cccc([Si](c4ccccc4)(c4ccccc4)c4ccccc4)c3)ccc21)[Si](c1ccccc1)(c1cccc(-c2ccccc2)c1)c1cccc(-c2ccccc2)c1. The number of benzene rings is 18. The second-order valence-electron chi connectivity index (χ2n) is 32.4. The van der Waals surface area contributed by atoms with Crippen LogP contribution in [0.5, 0.6) is 0 Å². The lowest BCUT2D eigenvalue weighted by molar-refractivity contribution is 0.734. The fraction of sp³-hybridized carbons (Fsp3) is 0.0256. The minimum absolute atomic E-state index is 0.0402. The number of para-hydroxylation sites is 1. The molecular formula is C117H87NSi3. The summed E-state index contributed by atoms with van der Waals surface area (Å²) in [6, 6.07) is 180. The average molecular weight is 1590 g/mol. The third-order valence-corrected chi connectivity index (χ3v) is 40.5. The number of rotatable bonds is 20. The lowest BCUT2D eigenvalue weighted by Gasteiger charge is -2.48. The number of nitrogens with zero attached hydrogens (tertiary/aromatic N) is 1. The molecule has 0 aliphatic heterocycles. The molecule has 572 valence electrons. The first-order valence-corrected chi connectivity index (χ1v) is 48.3. The predicted molar refractivity (Wildman–Crippen MR) is 520 cm³/mol. The fourth-order valence-electron chi connectivity index (χ4n) is 21.2. The van der Waals surface area contributed by atoms with E-state index in [1.54, 1.807) is 0 Å². The maximum Gasteiger partial charge on any atom is 0.179 e. The highest BCUT2D eigenvalue weighted by Gasteiger charge is 2.52. The summed E-state index contributed by atoms with van der Waals surface area (Å²) < 4.78 is 2.64. The van der Waals surface area contributed by atoms with Gasteiger partial charge in [-0.1, -0.05) is 473 Å². The Morgan fingerprint density at radius 2 is 0.603 bits per heavy atom. The molecule has 2 unspecified atom stereocenters. The molecule has 0 fully saturated rings. The highest BCUT2D eigenvalue weighted by atomic mass is 28.3. The van der Waals surface area contributed by atoms with Gasteiger partial charge in [-0.05, 0) is 177 Å². The third-order valence-electron chi connectivity index (χ3n) is 26.2. The van der Waals surface area contributed by atoms with E-state index in [1.165, 1.54) is 151 Å². The van der Waals surface area contributed by atoms with Gasteiger partial charge in [0.05, 0.1) is 16.7 Å². The van der Waals surface area contributed by atoms with Crippen molar-refractivity contribution in [1.29, 1.82) is 0 Å². The Balaban J connectivity index is 0.800. The Morgan fingerprint density at radius 3 is 1.06 bits per heavy atom. The van der Waals surface area contributed by atoms with Gasteiger partial charge in [-0.2, -0.15) is 0 Å². The van der Waals surface area contributed by atoms with Gasteiger partial charge >= 0.3 is 0 Å². The molecule has 22 rings (SSSR count). The molecule has 2 bridgehead atoms. The van der Waals surface area contributed by atoms with Gasteiger partial charge in [0.1, 0.15) is 0 Å². The normalized spacial score (nSPS) is 13.9. The molecule has 2 atom stereocenters. The molecule has 0 saturated carbocycles. The zero-order valence-electron chi connectivity index (χ0n) is 67.5. The summed E-state index contributed by atoms with van der Waals surface area (Å²) in [5.41, 5.74) is 23.4. The van der Waals surface area contributed by atoms with Crippen LogP contribution in [0.3, 0.4) is 0 Å². The summed E-state index contributed by atoms with van der Waals surface area (Å²) in [5, 5.41) is 18.3. The molecule has 0 radical (unpaired) electrons. The highest BCUT2D eigenvalue weighted by Crippen LogP contribution is 2.60. The molecule has 121 heavy (non-hydrogen) atoms. The van der Waals surface area contributed by atoms with Gasteiger partial charge in [-0.25, -0.2) is 0 Å². The quantitative estimate of drug-likeness (QED) is 0.0407. The van der Waals surface area contributed by atoms with E-state index in [9.17, 15) is 0 Å². The van der Waals surface area contributed by atoms with Crippen molar-refractivity contribution in [3.63, 3.8) is 0 Å². The zero-order chi connectivity index (χ0) is 80.9. The molecule has 1 aromatic heterocycles. The molecular weight excluding hydrogens is 1500 g/mol. The summed E-state index contributed by atoms with van der Waals surface area (Å²) in [6.45, 7) is 7.18. The van der Waals surface area contributed by atoms with Crippen molar-refractivity contribution in [2.24, 2.45) is 0 Å². The average Bonchev–Trinajstić information content (AvgIpc) is 1.31. The minimum atomic E-state index is -3.47. The fourth-order valence-corrected chi connectivity index (χ4v) is 36.0. The molecule has 3 aliphatic rings. The summed E-state index contributed by atoms with van der Waals surface area (Å²) in [4.78, 5) is 0. The van der Waals surface area contributed by atoms with Gasteiger partial charge in [0.2, 0.25) is 0 Å². The molecule has 0 amide bonds.